The molecule has 1 aliphatic carbocycles. The van der Waals surface area contributed by atoms with Crippen LogP contribution in [0.4, 0.5) is 14.5 Å². The number of carbonyl (C=O) groups is 7. The second-order valence-corrected chi connectivity index (χ2v) is 19.1. The van der Waals surface area contributed by atoms with Crippen LogP contribution in [0.1, 0.15) is 86.6 Å². The van der Waals surface area contributed by atoms with Crippen LogP contribution in [0.15, 0.2) is 78.6 Å². The zero-order chi connectivity index (χ0) is 51.6. The highest BCUT2D eigenvalue weighted by Gasteiger charge is 2.50. The Balaban J connectivity index is 0.786. The first-order chi connectivity index (χ1) is 34.3. The summed E-state index contributed by atoms with van der Waals surface area (Å²) in [4.78, 5) is 95.2. The van der Waals surface area contributed by atoms with E-state index >= 15 is 0 Å². The van der Waals surface area contributed by atoms with Crippen molar-refractivity contribution in [2.75, 3.05) is 52.7 Å². The first kappa shape index (κ1) is 50.4. The number of nitriles is 1. The predicted octanol–water partition coefficient (Wildman–Crippen LogP) is 3.20. The van der Waals surface area contributed by atoms with Gasteiger partial charge in [0.1, 0.15) is 37.7 Å². The molecule has 3 aromatic carbocycles. The highest BCUT2D eigenvalue weighted by Crippen LogP contribution is 2.49. The van der Waals surface area contributed by atoms with E-state index < -0.39 is 72.4 Å². The number of hydrogen-bond acceptors (Lipinski definition) is 10. The fourth-order valence-corrected chi connectivity index (χ4v) is 9.91. The fourth-order valence-electron chi connectivity index (χ4n) is 9.91. The molecule has 2 unspecified atom stereocenters. The van der Waals surface area contributed by atoms with Crippen LogP contribution in [0.25, 0.3) is 0 Å². The molecule has 8 rings (SSSR count). The first-order valence-corrected chi connectivity index (χ1v) is 23.7. The number of carbonyl (C=O) groups excluding carboxylic acids is 6. The zero-order valence-corrected chi connectivity index (χ0v) is 40.3. The van der Waals surface area contributed by atoms with Gasteiger partial charge in [-0.3, -0.25) is 28.8 Å². The molecule has 0 aromatic heterocycles. The number of amides is 6. The van der Waals surface area contributed by atoms with Gasteiger partial charge in [-0.1, -0.05) is 36.4 Å². The Hall–Kier alpha value is -7.95. The van der Waals surface area contributed by atoms with E-state index in [-0.39, 0.29) is 87.3 Å². The van der Waals surface area contributed by atoms with Gasteiger partial charge < -0.3 is 45.8 Å². The van der Waals surface area contributed by atoms with E-state index in [2.05, 4.69) is 21.3 Å². The van der Waals surface area contributed by atoms with Crippen LogP contribution in [-0.2, 0) is 43.6 Å². The summed E-state index contributed by atoms with van der Waals surface area (Å²) in [5.41, 5.74) is 5.74. The van der Waals surface area contributed by atoms with Gasteiger partial charge >= 0.3 is 5.97 Å². The molecule has 5 aliphatic rings. The molecule has 0 spiro atoms. The molecular formula is C52H56F2N9O9+. The maximum Gasteiger partial charge on any atom is 0.336 e. The van der Waals surface area contributed by atoms with Crippen LogP contribution in [0.5, 0.6) is 5.75 Å². The third-order valence-electron chi connectivity index (χ3n) is 13.8. The van der Waals surface area contributed by atoms with Crippen molar-refractivity contribution >= 4 is 52.8 Å². The van der Waals surface area contributed by atoms with Crippen LogP contribution in [-0.4, -0.2) is 132 Å². The first-order valence-electron chi connectivity index (χ1n) is 23.7. The molecule has 4 heterocycles. The maximum absolute atomic E-state index is 14.0. The van der Waals surface area contributed by atoms with Gasteiger partial charge in [0.05, 0.1) is 18.2 Å². The number of alkyl halides is 2. The molecule has 5 N–H and O–H groups in total. The second-order valence-electron chi connectivity index (χ2n) is 19.1. The number of nitrogens with zero attached hydrogens (tertiary/aromatic N) is 5. The van der Waals surface area contributed by atoms with Gasteiger partial charge in [-0.05, 0) is 46.9 Å². The second kappa shape index (κ2) is 20.8. The Kier molecular flexibility index (Phi) is 14.6. The van der Waals surface area contributed by atoms with Crippen LogP contribution in [0.3, 0.4) is 0 Å². The molecule has 0 radical (unpaired) electrons. The minimum absolute atomic E-state index is 0.0265. The Bertz CT molecular complexity index is 2890. The van der Waals surface area contributed by atoms with E-state index in [1.165, 1.54) is 6.07 Å². The standard InChI is InChI=1S/C52H55F2N9O9/c1-60(2)33-9-12-37-42(21-33)72-43-22-34(61(3)4)10-13-38(43)47(37)36-11-8-29(18-39(36)51(70)71)48(67)57-17-16-56-44(64)14-15-45(65)58-25-30-6-5-7-31-26-62(27-40(30)31)46(66)20-32-19-41(59-49(32)68)50(69)63-28-52(53,54)23-35(63)24-55/h5-13,18,21-22,32,35,37,41,47H,14-17,19-20,23,25-28H2,1-4H3,(H4-,56,57,58,59,64,65,67,68,70,71)/p+1/t32-,35-,37?,41-,47?/m0/s1. The lowest BCUT2D eigenvalue weighted by Gasteiger charge is -2.36. The smallest absolute Gasteiger partial charge is 0.336 e. The van der Waals surface area contributed by atoms with Gasteiger partial charge in [0, 0.05) is 125 Å². The van der Waals surface area contributed by atoms with Crippen molar-refractivity contribution in [1.82, 2.24) is 31.1 Å². The lowest BCUT2D eigenvalue weighted by Crippen LogP contribution is -2.46. The third-order valence-corrected chi connectivity index (χ3v) is 13.8. The summed E-state index contributed by atoms with van der Waals surface area (Å²) in [6, 6.07) is 15.2. The predicted molar refractivity (Wildman–Crippen MR) is 257 cm³/mol. The van der Waals surface area contributed by atoms with E-state index in [9.17, 15) is 52.7 Å². The topological polar surface area (TPSA) is 234 Å². The van der Waals surface area contributed by atoms with Crippen LogP contribution >= 0.6 is 0 Å². The number of likely N-dealkylation sites (tertiary alicyclic amines) is 1. The molecule has 0 saturated carbocycles. The number of rotatable bonds is 15. The molecule has 5 atom stereocenters. The molecule has 0 bridgehead atoms. The molecule has 4 aliphatic heterocycles. The molecule has 20 heteroatoms. The number of aromatic carboxylic acids is 1. The number of anilines is 1. The average Bonchev–Trinajstić information content (AvgIpc) is 4.06. The number of halogens is 2. The number of carboxylic acids is 1. The Morgan fingerprint density at radius 3 is 2.43 bits per heavy atom. The largest absolute Gasteiger partial charge is 0.478 e. The van der Waals surface area contributed by atoms with Crippen molar-refractivity contribution in [3.8, 4) is 11.8 Å². The zero-order valence-electron chi connectivity index (χ0n) is 40.3. The van der Waals surface area contributed by atoms with Crippen LogP contribution in [0, 0.1) is 23.2 Å². The van der Waals surface area contributed by atoms with Gasteiger partial charge in [0.2, 0.25) is 35.2 Å². The molecular weight excluding hydrogens is 933 g/mol. The number of nitrogens with one attached hydrogen (secondary N) is 4. The lowest BCUT2D eigenvalue weighted by atomic mass is 9.74. The number of benzene rings is 3. The van der Waals surface area contributed by atoms with Crippen molar-refractivity contribution in [1.29, 1.82) is 5.26 Å². The van der Waals surface area contributed by atoms with Gasteiger partial charge in [0.15, 0.2) is 0 Å². The average molecular weight is 989 g/mol. The number of allylic oxidation sites excluding steroid dienone is 3. The van der Waals surface area contributed by atoms with Gasteiger partial charge in [-0.15, -0.1) is 0 Å². The molecule has 3 aromatic rings. The summed E-state index contributed by atoms with van der Waals surface area (Å²) in [5, 5.41) is 30.5. The molecule has 2 fully saturated rings. The van der Waals surface area contributed by atoms with E-state index in [0.29, 0.717) is 17.1 Å². The molecule has 2 saturated heterocycles. The minimum atomic E-state index is -3.20. The van der Waals surface area contributed by atoms with Crippen molar-refractivity contribution in [3.63, 3.8) is 0 Å². The van der Waals surface area contributed by atoms with Crippen molar-refractivity contribution in [2.24, 2.45) is 11.8 Å². The van der Waals surface area contributed by atoms with E-state index in [1.54, 1.807) is 29.2 Å². The summed E-state index contributed by atoms with van der Waals surface area (Å²) in [6.07, 6.45) is 4.65. The normalized spacial score (nSPS) is 21.2. The number of ether oxygens (including phenoxy) is 1. The maximum atomic E-state index is 14.0. The van der Waals surface area contributed by atoms with Crippen molar-refractivity contribution in [3.05, 3.63) is 118 Å². The van der Waals surface area contributed by atoms with Crippen molar-refractivity contribution in [2.45, 2.75) is 75.7 Å². The Labute approximate surface area is 414 Å². The van der Waals surface area contributed by atoms with E-state index in [0.717, 1.165) is 38.6 Å². The van der Waals surface area contributed by atoms with Gasteiger partial charge in [-0.2, -0.15) is 5.26 Å². The Morgan fingerprint density at radius 2 is 1.71 bits per heavy atom. The number of hydrogen-bond donors (Lipinski definition) is 5. The third kappa shape index (κ3) is 10.8. The Morgan fingerprint density at radius 1 is 0.972 bits per heavy atom. The fraction of sp³-hybridized carbons (Fsp3) is 0.404. The molecule has 72 heavy (non-hydrogen) atoms. The SMILES string of the molecule is CN(C)c1ccc2c(c1)OC1=CC(=[N+](C)C)C=CC1C2c1ccc(C(=O)NCCNC(=O)CCC(=O)NCc2cccc3c2CN(C(=O)C[C@@H]2C[C@@H](C(=O)N4CC(F)(F)C[C@H]4C#N)NC2=O)C3)cc1C(=O)O. The summed E-state index contributed by atoms with van der Waals surface area (Å²) in [7, 11) is 7.71. The van der Waals surface area contributed by atoms with E-state index in [4.69, 9.17) is 4.74 Å². The van der Waals surface area contributed by atoms with Gasteiger partial charge in [0.25, 0.3) is 11.8 Å². The van der Waals surface area contributed by atoms with Crippen LogP contribution in [0.2, 0.25) is 0 Å². The minimum Gasteiger partial charge on any atom is -0.478 e. The lowest BCUT2D eigenvalue weighted by molar-refractivity contribution is -0.462. The monoisotopic (exact) mass is 988 g/mol. The number of fused-ring (bicyclic) bond motifs is 3. The summed E-state index contributed by atoms with van der Waals surface area (Å²) in [5.74, 6) is -7.68. The van der Waals surface area contributed by atoms with Crippen molar-refractivity contribution < 1.29 is 56.8 Å². The summed E-state index contributed by atoms with van der Waals surface area (Å²) in [6.45, 7) is -0.219. The molecule has 18 nitrogen and oxygen atoms in total. The number of carboxylic acid groups (broad SMARTS) is 1. The van der Waals surface area contributed by atoms with Gasteiger partial charge in [-0.25, -0.2) is 18.2 Å². The summed E-state index contributed by atoms with van der Waals surface area (Å²) < 4.78 is 36.3. The highest BCUT2D eigenvalue weighted by molar-refractivity contribution is 6.02. The van der Waals surface area contributed by atoms with E-state index in [1.807, 2.05) is 86.2 Å². The molecule has 376 valence electrons. The molecule has 6 amide bonds. The summed E-state index contributed by atoms with van der Waals surface area (Å²) >= 11 is 0. The van der Waals surface area contributed by atoms with Crippen LogP contribution < -0.4 is 30.9 Å². The quantitative estimate of drug-likeness (QED) is 0.110. The highest BCUT2D eigenvalue weighted by atomic mass is 19.3.